The molecule has 3 aromatic rings. The highest BCUT2D eigenvalue weighted by Crippen LogP contribution is 2.50. The Morgan fingerprint density at radius 3 is 2.31 bits per heavy atom. The Hall–Kier alpha value is -4.73. The average molecular weight is 576 g/mol. The van der Waals surface area contributed by atoms with Crippen molar-refractivity contribution < 1.29 is 28.5 Å². The minimum Gasteiger partial charge on any atom is -0.496 e. The van der Waals surface area contributed by atoms with Crippen molar-refractivity contribution in [2.75, 3.05) is 33.8 Å². The van der Waals surface area contributed by atoms with E-state index < -0.39 is 12.1 Å². The summed E-state index contributed by atoms with van der Waals surface area (Å²) < 4.78 is 22.4. The van der Waals surface area contributed by atoms with Crippen molar-refractivity contribution in [1.29, 1.82) is 0 Å². The van der Waals surface area contributed by atoms with Gasteiger partial charge in [-0.25, -0.2) is 0 Å². The van der Waals surface area contributed by atoms with Crippen molar-refractivity contribution in [3.63, 3.8) is 0 Å². The monoisotopic (exact) mass is 575 g/mol. The SMILES string of the molecule is COc1ccccc1CNC(=O)C(C)Nc1ccc2c(cc1=O)C(NC(C)=O)CCc1cc(OC)c(OC)c(OC)c1-2. The molecule has 0 aliphatic heterocycles. The summed E-state index contributed by atoms with van der Waals surface area (Å²) in [4.78, 5) is 38.7. The first-order valence-electron chi connectivity index (χ1n) is 13.7. The number of para-hydroxylation sites is 1. The summed E-state index contributed by atoms with van der Waals surface area (Å²) in [5.74, 6) is 1.59. The van der Waals surface area contributed by atoms with Gasteiger partial charge in [0, 0.05) is 24.6 Å². The van der Waals surface area contributed by atoms with E-state index in [-0.39, 0.29) is 29.5 Å². The van der Waals surface area contributed by atoms with E-state index in [0.29, 0.717) is 47.0 Å². The van der Waals surface area contributed by atoms with E-state index in [1.165, 1.54) is 20.1 Å². The Morgan fingerprint density at radius 2 is 1.64 bits per heavy atom. The molecule has 1 aliphatic rings. The summed E-state index contributed by atoms with van der Waals surface area (Å²) in [6.07, 6.45) is 1.14. The number of rotatable bonds is 10. The molecule has 0 aromatic heterocycles. The van der Waals surface area contributed by atoms with E-state index in [9.17, 15) is 14.4 Å². The number of ether oxygens (including phenoxy) is 4. The van der Waals surface area contributed by atoms with Crippen molar-refractivity contribution in [2.45, 2.75) is 45.3 Å². The molecule has 2 amide bonds. The minimum absolute atomic E-state index is 0.211. The molecule has 3 aromatic carbocycles. The van der Waals surface area contributed by atoms with Crippen LogP contribution in [0.3, 0.4) is 0 Å². The molecule has 0 saturated heterocycles. The van der Waals surface area contributed by atoms with Crippen LogP contribution >= 0.6 is 0 Å². The zero-order valence-corrected chi connectivity index (χ0v) is 24.8. The number of benzene rings is 2. The highest BCUT2D eigenvalue weighted by molar-refractivity contribution is 5.85. The maximum Gasteiger partial charge on any atom is 0.242 e. The number of amides is 2. The number of carbonyl (C=O) groups excluding carboxylic acids is 2. The van der Waals surface area contributed by atoms with Crippen molar-refractivity contribution in [3.05, 3.63) is 75.4 Å². The van der Waals surface area contributed by atoms with E-state index in [1.807, 2.05) is 36.4 Å². The molecule has 2 atom stereocenters. The molecule has 3 N–H and O–H groups in total. The number of fused-ring (bicyclic) bond motifs is 3. The second kappa shape index (κ2) is 13.3. The lowest BCUT2D eigenvalue weighted by molar-refractivity contribution is -0.122. The number of methoxy groups -OCH3 is 4. The summed E-state index contributed by atoms with van der Waals surface area (Å²) in [5, 5.41) is 8.95. The predicted molar refractivity (Wildman–Crippen MR) is 161 cm³/mol. The summed E-state index contributed by atoms with van der Waals surface area (Å²) >= 11 is 0. The third kappa shape index (κ3) is 6.27. The Labute approximate surface area is 245 Å². The van der Waals surface area contributed by atoms with Crippen molar-refractivity contribution >= 4 is 17.5 Å². The van der Waals surface area contributed by atoms with Gasteiger partial charge in [-0.3, -0.25) is 14.4 Å². The van der Waals surface area contributed by atoms with E-state index in [2.05, 4.69) is 16.0 Å². The third-order valence-corrected chi connectivity index (χ3v) is 7.33. The van der Waals surface area contributed by atoms with E-state index in [1.54, 1.807) is 34.3 Å². The lowest BCUT2D eigenvalue weighted by Gasteiger charge is -2.19. The van der Waals surface area contributed by atoms with Gasteiger partial charge in [0.2, 0.25) is 23.0 Å². The van der Waals surface area contributed by atoms with Crippen LogP contribution in [0.25, 0.3) is 11.1 Å². The first-order valence-corrected chi connectivity index (χ1v) is 13.7. The quantitative estimate of drug-likeness (QED) is 0.332. The number of hydrogen-bond donors (Lipinski definition) is 3. The Morgan fingerprint density at radius 1 is 0.929 bits per heavy atom. The van der Waals surface area contributed by atoms with Gasteiger partial charge in [0.1, 0.15) is 11.8 Å². The summed E-state index contributed by atoms with van der Waals surface area (Å²) in [6, 6.07) is 13.2. The van der Waals surface area contributed by atoms with Crippen molar-refractivity contribution in [2.24, 2.45) is 0 Å². The fraction of sp³-hybridized carbons (Fsp3) is 0.344. The van der Waals surface area contributed by atoms with E-state index >= 15 is 0 Å². The van der Waals surface area contributed by atoms with Gasteiger partial charge in [0.25, 0.3) is 0 Å². The first kappa shape index (κ1) is 30.2. The summed E-state index contributed by atoms with van der Waals surface area (Å²) in [7, 11) is 6.22. The molecule has 0 fully saturated rings. The van der Waals surface area contributed by atoms with Crippen LogP contribution in [0.2, 0.25) is 0 Å². The molecule has 42 heavy (non-hydrogen) atoms. The maximum absolute atomic E-state index is 13.5. The topological polar surface area (TPSA) is 124 Å². The normalized spacial score (nSPS) is 14.3. The molecule has 0 saturated carbocycles. The standard InChI is InChI=1S/C32H37N3O7/c1-18(32(38)33-17-21-9-7-8-10-27(21)39-3)34-25-14-12-22-23(16-26(25)37)24(35-19(2)36)13-11-20-15-28(40-4)30(41-5)31(42-6)29(20)22/h7-10,12,14-16,18,24H,11,13,17H2,1-6H3,(H,33,38)(H,34,37)(H,35,36). The minimum atomic E-state index is -0.716. The molecular weight excluding hydrogens is 538 g/mol. The summed E-state index contributed by atoms with van der Waals surface area (Å²) in [5.41, 5.74) is 3.78. The fourth-order valence-electron chi connectivity index (χ4n) is 5.31. The molecule has 0 bridgehead atoms. The second-order valence-electron chi connectivity index (χ2n) is 9.99. The zero-order valence-electron chi connectivity index (χ0n) is 24.8. The highest BCUT2D eigenvalue weighted by atomic mass is 16.5. The largest absolute Gasteiger partial charge is 0.496 e. The number of carbonyl (C=O) groups is 2. The van der Waals surface area contributed by atoms with E-state index in [4.69, 9.17) is 18.9 Å². The Bertz CT molecular complexity index is 1540. The molecule has 1 aliphatic carbocycles. The average Bonchev–Trinajstić information content (AvgIpc) is 3.23. The number of aryl methyl sites for hydroxylation is 1. The molecule has 10 heteroatoms. The van der Waals surface area contributed by atoms with Crippen molar-refractivity contribution in [3.8, 4) is 34.1 Å². The predicted octanol–water partition coefficient (Wildman–Crippen LogP) is 3.99. The van der Waals surface area contributed by atoms with Gasteiger partial charge in [0.05, 0.1) is 40.2 Å². The molecule has 222 valence electrons. The number of hydrogen-bond acceptors (Lipinski definition) is 8. The lowest BCUT2D eigenvalue weighted by Crippen LogP contribution is -2.38. The summed E-state index contributed by atoms with van der Waals surface area (Å²) in [6.45, 7) is 3.41. The lowest BCUT2D eigenvalue weighted by atomic mass is 9.95. The van der Waals surface area contributed by atoms with E-state index in [0.717, 1.165) is 16.7 Å². The van der Waals surface area contributed by atoms with Crippen LogP contribution in [-0.4, -0.2) is 46.3 Å². The van der Waals surface area contributed by atoms with Gasteiger partial charge in [-0.05, 0) is 60.7 Å². The van der Waals surface area contributed by atoms with Crippen LogP contribution in [-0.2, 0) is 22.6 Å². The number of nitrogens with one attached hydrogen (secondary N) is 3. The molecule has 10 nitrogen and oxygen atoms in total. The van der Waals surface area contributed by atoms with Crippen LogP contribution in [0, 0.1) is 0 Å². The van der Waals surface area contributed by atoms with Gasteiger partial charge < -0.3 is 34.9 Å². The molecule has 0 radical (unpaired) electrons. The van der Waals surface area contributed by atoms with Gasteiger partial charge >= 0.3 is 0 Å². The van der Waals surface area contributed by atoms with Crippen LogP contribution in [0.1, 0.15) is 43.0 Å². The molecule has 2 unspecified atom stereocenters. The van der Waals surface area contributed by atoms with Crippen molar-refractivity contribution in [1.82, 2.24) is 10.6 Å². The van der Waals surface area contributed by atoms with Gasteiger partial charge in [-0.2, -0.15) is 0 Å². The van der Waals surface area contributed by atoms with Crippen LogP contribution in [0.5, 0.6) is 23.0 Å². The zero-order chi connectivity index (χ0) is 30.4. The maximum atomic E-state index is 13.5. The molecule has 0 spiro atoms. The van der Waals surface area contributed by atoms with Crippen LogP contribution in [0.4, 0.5) is 5.69 Å². The fourth-order valence-corrected chi connectivity index (χ4v) is 5.31. The number of anilines is 1. The molecule has 4 rings (SSSR count). The first-order chi connectivity index (χ1) is 20.2. The van der Waals surface area contributed by atoms with Crippen LogP contribution in [0.15, 0.2) is 53.3 Å². The molecular formula is C32H37N3O7. The second-order valence-corrected chi connectivity index (χ2v) is 9.99. The van der Waals surface area contributed by atoms with Gasteiger partial charge in [-0.15, -0.1) is 0 Å². The van der Waals surface area contributed by atoms with Crippen LogP contribution < -0.4 is 40.3 Å². The smallest absolute Gasteiger partial charge is 0.242 e. The van der Waals surface area contributed by atoms with Gasteiger partial charge in [0.15, 0.2) is 11.5 Å². The highest BCUT2D eigenvalue weighted by Gasteiger charge is 2.29. The Kier molecular flexibility index (Phi) is 9.57. The third-order valence-electron chi connectivity index (χ3n) is 7.33. The Balaban J connectivity index is 1.73. The molecule has 0 heterocycles. The van der Waals surface area contributed by atoms with Gasteiger partial charge in [-0.1, -0.05) is 24.3 Å².